The first kappa shape index (κ1) is 22.0. The number of hydrogen-bond acceptors (Lipinski definition) is 3. The molecule has 2 heterocycles. The van der Waals surface area contributed by atoms with Crippen molar-refractivity contribution in [3.8, 4) is 0 Å². The third kappa shape index (κ3) is 5.37. The number of halogens is 2. The van der Waals surface area contributed by atoms with Gasteiger partial charge in [0.2, 0.25) is 5.91 Å². The number of nitrogens with one attached hydrogen (secondary N) is 2. The van der Waals surface area contributed by atoms with E-state index in [-0.39, 0.29) is 36.2 Å². The highest BCUT2D eigenvalue weighted by molar-refractivity contribution is 6.34. The van der Waals surface area contributed by atoms with Gasteiger partial charge in [-0.05, 0) is 70.7 Å². The first-order valence-electron chi connectivity index (χ1n) is 9.60. The zero-order chi connectivity index (χ0) is 18.7. The van der Waals surface area contributed by atoms with E-state index in [1.165, 1.54) is 6.42 Å². The highest BCUT2D eigenvalue weighted by atomic mass is 35.5. The molecule has 27 heavy (non-hydrogen) atoms. The van der Waals surface area contributed by atoms with E-state index in [2.05, 4.69) is 24.5 Å². The molecule has 2 N–H and O–H groups in total. The van der Waals surface area contributed by atoms with Gasteiger partial charge < -0.3 is 15.5 Å². The molecule has 2 saturated heterocycles. The maximum Gasteiger partial charge on any atom is 0.255 e. The summed E-state index contributed by atoms with van der Waals surface area (Å²) in [5.41, 5.74) is 1.16. The summed E-state index contributed by atoms with van der Waals surface area (Å²) >= 11 is 6.37. The number of rotatable bonds is 3. The minimum Gasteiger partial charge on any atom is -0.336 e. The van der Waals surface area contributed by atoms with Gasteiger partial charge >= 0.3 is 0 Å². The van der Waals surface area contributed by atoms with Crippen LogP contribution in [0, 0.1) is 5.92 Å². The summed E-state index contributed by atoms with van der Waals surface area (Å²) in [6, 6.07) is 5.79. The second kappa shape index (κ2) is 9.76. The Morgan fingerprint density at radius 1 is 1.22 bits per heavy atom. The molecule has 0 saturated carbocycles. The van der Waals surface area contributed by atoms with Gasteiger partial charge in [-0.2, -0.15) is 0 Å². The zero-order valence-electron chi connectivity index (χ0n) is 16.0. The van der Waals surface area contributed by atoms with Crippen LogP contribution in [0.3, 0.4) is 0 Å². The number of amides is 2. The summed E-state index contributed by atoms with van der Waals surface area (Å²) in [5, 5.41) is 6.70. The quantitative estimate of drug-likeness (QED) is 0.783. The Bertz CT molecular complexity index is 683. The van der Waals surface area contributed by atoms with Crippen LogP contribution in [0.15, 0.2) is 18.2 Å². The fraction of sp³-hybridized carbons (Fsp3) is 0.600. The van der Waals surface area contributed by atoms with Crippen LogP contribution in [0.25, 0.3) is 0 Å². The predicted molar refractivity (Wildman–Crippen MR) is 112 cm³/mol. The van der Waals surface area contributed by atoms with Crippen molar-refractivity contribution >= 4 is 41.5 Å². The van der Waals surface area contributed by atoms with Crippen molar-refractivity contribution in [3.63, 3.8) is 0 Å². The minimum atomic E-state index is -0.0211. The van der Waals surface area contributed by atoms with Gasteiger partial charge in [-0.3, -0.25) is 9.59 Å². The molecular formula is C20H29Cl2N3O2. The molecule has 0 spiro atoms. The topological polar surface area (TPSA) is 61.4 Å². The lowest BCUT2D eigenvalue weighted by Gasteiger charge is -2.33. The van der Waals surface area contributed by atoms with Gasteiger partial charge in [0, 0.05) is 30.2 Å². The Balaban J connectivity index is 0.00000261. The van der Waals surface area contributed by atoms with E-state index < -0.39 is 0 Å². The van der Waals surface area contributed by atoms with Crippen LogP contribution >= 0.6 is 24.0 Å². The van der Waals surface area contributed by atoms with Gasteiger partial charge in [-0.15, -0.1) is 12.4 Å². The van der Waals surface area contributed by atoms with E-state index in [0.717, 1.165) is 38.8 Å². The first-order chi connectivity index (χ1) is 12.5. The second-order valence-corrected chi connectivity index (χ2v) is 8.01. The molecule has 2 aliphatic rings. The Morgan fingerprint density at radius 3 is 2.67 bits per heavy atom. The van der Waals surface area contributed by atoms with Crippen molar-refractivity contribution in [1.82, 2.24) is 10.2 Å². The molecule has 0 radical (unpaired) electrons. The number of carbonyl (C=O) groups excluding carboxylic acids is 2. The Kier molecular flexibility index (Phi) is 7.95. The van der Waals surface area contributed by atoms with Crippen LogP contribution in [0.1, 0.15) is 56.3 Å². The van der Waals surface area contributed by atoms with Crippen molar-refractivity contribution in [2.75, 3.05) is 18.4 Å². The summed E-state index contributed by atoms with van der Waals surface area (Å²) in [4.78, 5) is 27.2. The molecule has 5 nitrogen and oxygen atoms in total. The van der Waals surface area contributed by atoms with Gasteiger partial charge in [0.05, 0.1) is 10.6 Å². The standard InChI is InChI=1S/C20H28ClN3O2.ClH/c1-13-11-15(8-9-22-13)19(25)23-16-6-7-17(18(21)12-16)20(26)24-10-4-3-5-14(24)2;/h6-7,12-15,22H,3-5,8-11H2,1-2H3,(H,23,25);1H/t13-,14?,15-;/m0./s1. The largest absolute Gasteiger partial charge is 0.336 e. The van der Waals surface area contributed by atoms with Gasteiger partial charge in [0.15, 0.2) is 0 Å². The Hall–Kier alpha value is -1.30. The van der Waals surface area contributed by atoms with E-state index in [4.69, 9.17) is 11.6 Å². The van der Waals surface area contributed by atoms with Crippen LogP contribution in [0.2, 0.25) is 5.02 Å². The van der Waals surface area contributed by atoms with E-state index in [1.807, 2.05) is 4.90 Å². The zero-order valence-corrected chi connectivity index (χ0v) is 17.5. The lowest BCUT2D eigenvalue weighted by atomic mass is 9.92. The Labute approximate surface area is 172 Å². The molecule has 7 heteroatoms. The minimum absolute atomic E-state index is 0. The predicted octanol–water partition coefficient (Wildman–Crippen LogP) is 4.10. The first-order valence-corrected chi connectivity index (χ1v) is 9.98. The molecule has 3 rings (SSSR count). The summed E-state index contributed by atoms with van der Waals surface area (Å²) in [5.74, 6) is 0.0194. The van der Waals surface area contributed by atoms with Crippen molar-refractivity contribution in [2.24, 2.45) is 5.92 Å². The van der Waals surface area contributed by atoms with E-state index in [1.54, 1.807) is 18.2 Å². The van der Waals surface area contributed by atoms with E-state index in [0.29, 0.717) is 22.3 Å². The molecule has 0 aliphatic carbocycles. The van der Waals surface area contributed by atoms with E-state index >= 15 is 0 Å². The fourth-order valence-electron chi connectivity index (χ4n) is 3.94. The summed E-state index contributed by atoms with van der Waals surface area (Å²) in [7, 11) is 0. The lowest BCUT2D eigenvalue weighted by Crippen LogP contribution is -2.42. The number of nitrogens with zero attached hydrogens (tertiary/aromatic N) is 1. The normalized spacial score (nSPS) is 25.4. The average molecular weight is 414 g/mol. The smallest absolute Gasteiger partial charge is 0.255 e. The SMILES string of the molecule is CC1CCCCN1C(=O)c1ccc(NC(=O)[C@H]2CCN[C@@H](C)C2)cc1Cl.Cl. The monoisotopic (exact) mass is 413 g/mol. The van der Waals surface area contributed by atoms with Crippen molar-refractivity contribution in [1.29, 1.82) is 0 Å². The van der Waals surface area contributed by atoms with Crippen molar-refractivity contribution in [3.05, 3.63) is 28.8 Å². The molecular weight excluding hydrogens is 385 g/mol. The molecule has 3 atom stereocenters. The third-order valence-electron chi connectivity index (χ3n) is 5.53. The van der Waals surface area contributed by atoms with Crippen molar-refractivity contribution < 1.29 is 9.59 Å². The molecule has 1 aromatic carbocycles. The van der Waals surface area contributed by atoms with Crippen LogP contribution in [0.5, 0.6) is 0 Å². The lowest BCUT2D eigenvalue weighted by molar-refractivity contribution is -0.120. The van der Waals surface area contributed by atoms with Gasteiger partial charge in [0.25, 0.3) is 5.91 Å². The van der Waals surface area contributed by atoms with Crippen LogP contribution in [0.4, 0.5) is 5.69 Å². The highest BCUT2D eigenvalue weighted by Gasteiger charge is 2.27. The number of piperidine rings is 2. The number of hydrogen-bond donors (Lipinski definition) is 2. The molecule has 2 fully saturated rings. The van der Waals surface area contributed by atoms with Crippen LogP contribution in [-0.4, -0.2) is 41.9 Å². The molecule has 0 bridgehead atoms. The number of anilines is 1. The van der Waals surface area contributed by atoms with Gasteiger partial charge in [-0.1, -0.05) is 11.6 Å². The van der Waals surface area contributed by atoms with Gasteiger partial charge in [-0.25, -0.2) is 0 Å². The van der Waals surface area contributed by atoms with E-state index in [9.17, 15) is 9.59 Å². The maximum absolute atomic E-state index is 12.8. The van der Waals surface area contributed by atoms with Crippen molar-refractivity contribution in [2.45, 2.75) is 58.0 Å². The fourth-order valence-corrected chi connectivity index (χ4v) is 4.20. The highest BCUT2D eigenvalue weighted by Crippen LogP contribution is 2.26. The Morgan fingerprint density at radius 2 is 2.00 bits per heavy atom. The molecule has 150 valence electrons. The molecule has 0 aromatic heterocycles. The number of likely N-dealkylation sites (tertiary alicyclic amines) is 1. The van der Waals surface area contributed by atoms with Gasteiger partial charge in [0.1, 0.15) is 0 Å². The molecule has 1 aromatic rings. The summed E-state index contributed by atoms with van der Waals surface area (Å²) in [6.45, 7) is 5.82. The maximum atomic E-state index is 12.8. The molecule has 2 aliphatic heterocycles. The number of benzene rings is 1. The molecule has 1 unspecified atom stereocenters. The summed E-state index contributed by atoms with van der Waals surface area (Å²) in [6.07, 6.45) is 4.91. The van der Waals surface area contributed by atoms with Crippen LogP contribution < -0.4 is 10.6 Å². The average Bonchev–Trinajstić information content (AvgIpc) is 2.62. The molecule has 2 amide bonds. The summed E-state index contributed by atoms with van der Waals surface area (Å²) < 4.78 is 0. The number of carbonyl (C=O) groups is 2. The third-order valence-corrected chi connectivity index (χ3v) is 5.84. The van der Waals surface area contributed by atoms with Crippen LogP contribution in [-0.2, 0) is 4.79 Å². The second-order valence-electron chi connectivity index (χ2n) is 7.60.